The smallest absolute Gasteiger partial charge is 0.338 e. The van der Waals surface area contributed by atoms with Crippen LogP contribution in [0.3, 0.4) is 0 Å². The molecule has 0 radical (unpaired) electrons. The molecule has 1 unspecified atom stereocenters. The Kier molecular flexibility index (Phi) is 8.39. The Morgan fingerprint density at radius 2 is 1.70 bits per heavy atom. The van der Waals surface area contributed by atoms with E-state index in [1.54, 1.807) is 45.0 Å². The minimum atomic E-state index is -2.09. The van der Waals surface area contributed by atoms with Gasteiger partial charge in [-0.2, -0.15) is 0 Å². The highest BCUT2D eigenvalue weighted by Crippen LogP contribution is 2.20. The summed E-state index contributed by atoms with van der Waals surface area (Å²) < 4.78 is 15.2. The molecular formula is C19H28N2O6. The quantitative estimate of drug-likeness (QED) is 0.376. The van der Waals surface area contributed by atoms with Crippen LogP contribution in [0, 0.1) is 0 Å². The van der Waals surface area contributed by atoms with Crippen molar-refractivity contribution >= 4 is 17.8 Å². The third-order valence-electron chi connectivity index (χ3n) is 3.50. The average Bonchev–Trinajstić information content (AvgIpc) is 2.61. The Hall–Kier alpha value is -2.45. The van der Waals surface area contributed by atoms with Gasteiger partial charge in [-0.15, -0.1) is 0 Å². The van der Waals surface area contributed by atoms with Crippen LogP contribution in [-0.2, 0) is 35.2 Å². The highest BCUT2D eigenvalue weighted by molar-refractivity contribution is 6.05. The van der Waals surface area contributed by atoms with Crippen LogP contribution >= 0.6 is 0 Å². The van der Waals surface area contributed by atoms with Crippen LogP contribution in [-0.4, -0.2) is 42.8 Å². The van der Waals surface area contributed by atoms with Crippen molar-refractivity contribution in [1.29, 1.82) is 0 Å². The number of amides is 1. The molecule has 0 aliphatic carbocycles. The largest absolute Gasteiger partial charge is 0.459 e. The molecule has 8 heteroatoms. The standard InChI is InChI=1S/C19H28N2O6/c1-18(2,3)27-17(24)19(20,11-10-15(22)21-13-25-4)16(23)26-12-14-8-6-5-7-9-14/h5-9H,10-13,20H2,1-4H3,(H,21,22). The van der Waals surface area contributed by atoms with Gasteiger partial charge in [0, 0.05) is 13.5 Å². The molecule has 0 spiro atoms. The van der Waals surface area contributed by atoms with E-state index in [0.29, 0.717) is 0 Å². The molecule has 1 amide bonds. The second kappa shape index (κ2) is 10.0. The van der Waals surface area contributed by atoms with Gasteiger partial charge in [-0.05, 0) is 32.8 Å². The molecule has 0 heterocycles. The monoisotopic (exact) mass is 380 g/mol. The lowest BCUT2D eigenvalue weighted by Crippen LogP contribution is -2.58. The molecule has 1 aromatic carbocycles. The van der Waals surface area contributed by atoms with Crippen molar-refractivity contribution in [2.45, 2.75) is 51.4 Å². The van der Waals surface area contributed by atoms with Crippen molar-refractivity contribution in [3.05, 3.63) is 35.9 Å². The van der Waals surface area contributed by atoms with Crippen LogP contribution in [0.4, 0.5) is 0 Å². The highest BCUT2D eigenvalue weighted by Gasteiger charge is 2.46. The van der Waals surface area contributed by atoms with Crippen molar-refractivity contribution in [3.8, 4) is 0 Å². The Labute approximate surface area is 159 Å². The average molecular weight is 380 g/mol. The third kappa shape index (κ3) is 7.76. The van der Waals surface area contributed by atoms with E-state index in [2.05, 4.69) is 5.32 Å². The summed E-state index contributed by atoms with van der Waals surface area (Å²) in [6, 6.07) is 8.98. The van der Waals surface area contributed by atoms with Crippen LogP contribution in [0.1, 0.15) is 39.2 Å². The number of carbonyl (C=O) groups is 3. The van der Waals surface area contributed by atoms with Gasteiger partial charge in [-0.25, -0.2) is 9.59 Å². The van der Waals surface area contributed by atoms with Crippen LogP contribution in [0.15, 0.2) is 30.3 Å². The molecule has 0 saturated carbocycles. The topological polar surface area (TPSA) is 117 Å². The summed E-state index contributed by atoms with van der Waals surface area (Å²) in [7, 11) is 1.43. The fraction of sp³-hybridized carbons (Fsp3) is 0.526. The van der Waals surface area contributed by atoms with E-state index in [1.807, 2.05) is 6.07 Å². The van der Waals surface area contributed by atoms with Crippen molar-refractivity contribution in [3.63, 3.8) is 0 Å². The molecule has 0 bridgehead atoms. The number of ether oxygens (including phenoxy) is 3. The molecule has 3 N–H and O–H groups in total. The van der Waals surface area contributed by atoms with Gasteiger partial charge >= 0.3 is 11.9 Å². The Morgan fingerprint density at radius 1 is 1.07 bits per heavy atom. The van der Waals surface area contributed by atoms with Gasteiger partial charge in [0.25, 0.3) is 0 Å². The number of hydrogen-bond donors (Lipinski definition) is 2. The summed E-state index contributed by atoms with van der Waals surface area (Å²) in [5.41, 5.74) is 3.88. The van der Waals surface area contributed by atoms with Gasteiger partial charge in [0.15, 0.2) is 0 Å². The number of benzene rings is 1. The first kappa shape index (κ1) is 22.6. The second-order valence-corrected chi connectivity index (χ2v) is 7.07. The van der Waals surface area contributed by atoms with Crippen molar-refractivity contribution in [2.75, 3.05) is 13.8 Å². The summed E-state index contributed by atoms with van der Waals surface area (Å²) in [6.45, 7) is 4.95. The number of carbonyl (C=O) groups excluding carboxylic acids is 3. The Morgan fingerprint density at radius 3 is 2.26 bits per heavy atom. The van der Waals surface area contributed by atoms with E-state index in [1.165, 1.54) is 7.11 Å². The maximum Gasteiger partial charge on any atom is 0.338 e. The summed E-state index contributed by atoms with van der Waals surface area (Å²) in [4.78, 5) is 37.0. The first-order valence-corrected chi connectivity index (χ1v) is 8.57. The maximum absolute atomic E-state index is 12.6. The SMILES string of the molecule is COCNC(=O)CCC(N)(C(=O)OCc1ccccc1)C(=O)OC(C)(C)C. The summed E-state index contributed by atoms with van der Waals surface area (Å²) in [5.74, 6) is -2.29. The van der Waals surface area contributed by atoms with Gasteiger partial charge in [0.1, 0.15) is 18.9 Å². The summed E-state index contributed by atoms with van der Waals surface area (Å²) in [6.07, 6.45) is -0.426. The highest BCUT2D eigenvalue weighted by atomic mass is 16.6. The van der Waals surface area contributed by atoms with Crippen LogP contribution in [0.25, 0.3) is 0 Å². The molecule has 1 rings (SSSR count). The maximum atomic E-state index is 12.6. The molecule has 0 aliphatic rings. The lowest BCUT2D eigenvalue weighted by atomic mass is 9.94. The van der Waals surface area contributed by atoms with Gasteiger partial charge < -0.3 is 25.3 Å². The Balaban J connectivity index is 2.86. The van der Waals surface area contributed by atoms with Crippen molar-refractivity contribution in [1.82, 2.24) is 5.32 Å². The number of hydrogen-bond acceptors (Lipinski definition) is 7. The van der Waals surface area contributed by atoms with Gasteiger partial charge in [0.2, 0.25) is 11.4 Å². The second-order valence-electron chi connectivity index (χ2n) is 7.07. The van der Waals surface area contributed by atoms with Gasteiger partial charge in [-0.3, -0.25) is 4.79 Å². The number of nitrogens with one attached hydrogen (secondary N) is 1. The van der Waals surface area contributed by atoms with Crippen LogP contribution in [0.2, 0.25) is 0 Å². The minimum absolute atomic E-state index is 0.0152. The summed E-state index contributed by atoms with van der Waals surface area (Å²) in [5, 5.41) is 2.47. The number of methoxy groups -OCH3 is 1. The van der Waals surface area contributed by atoms with Crippen LogP contribution in [0.5, 0.6) is 0 Å². The predicted molar refractivity (Wildman–Crippen MR) is 98.3 cm³/mol. The minimum Gasteiger partial charge on any atom is -0.459 e. The number of rotatable bonds is 9. The third-order valence-corrected chi connectivity index (χ3v) is 3.50. The first-order chi connectivity index (χ1) is 12.6. The first-order valence-electron chi connectivity index (χ1n) is 8.57. The molecule has 0 saturated heterocycles. The van der Waals surface area contributed by atoms with E-state index in [9.17, 15) is 14.4 Å². The Bertz CT molecular complexity index is 641. The van der Waals surface area contributed by atoms with E-state index < -0.39 is 29.0 Å². The molecule has 0 aromatic heterocycles. The molecule has 150 valence electrons. The van der Waals surface area contributed by atoms with E-state index >= 15 is 0 Å². The molecule has 27 heavy (non-hydrogen) atoms. The fourth-order valence-electron chi connectivity index (χ4n) is 2.06. The normalized spacial score (nSPS) is 13.4. The lowest BCUT2D eigenvalue weighted by Gasteiger charge is -2.29. The van der Waals surface area contributed by atoms with Crippen molar-refractivity contribution < 1.29 is 28.6 Å². The van der Waals surface area contributed by atoms with E-state index in [0.717, 1.165) is 5.56 Å². The van der Waals surface area contributed by atoms with Gasteiger partial charge in [0.05, 0.1) is 0 Å². The zero-order valence-corrected chi connectivity index (χ0v) is 16.2. The van der Waals surface area contributed by atoms with E-state index in [4.69, 9.17) is 19.9 Å². The predicted octanol–water partition coefficient (Wildman–Crippen LogP) is 1.27. The zero-order valence-electron chi connectivity index (χ0n) is 16.2. The van der Waals surface area contributed by atoms with Gasteiger partial charge in [-0.1, -0.05) is 30.3 Å². The van der Waals surface area contributed by atoms with E-state index in [-0.39, 0.29) is 26.2 Å². The number of nitrogens with two attached hydrogens (primary N) is 1. The van der Waals surface area contributed by atoms with Crippen LogP contribution < -0.4 is 11.1 Å². The molecule has 1 aromatic rings. The number of esters is 2. The fourth-order valence-corrected chi connectivity index (χ4v) is 2.06. The molecule has 0 fully saturated rings. The lowest BCUT2D eigenvalue weighted by molar-refractivity contribution is -0.172. The zero-order chi connectivity index (χ0) is 20.5. The molecular weight excluding hydrogens is 352 g/mol. The summed E-state index contributed by atoms with van der Waals surface area (Å²) >= 11 is 0. The molecule has 8 nitrogen and oxygen atoms in total. The molecule has 1 atom stereocenters. The molecule has 0 aliphatic heterocycles. The van der Waals surface area contributed by atoms with Crippen molar-refractivity contribution in [2.24, 2.45) is 5.73 Å².